The highest BCUT2D eigenvalue weighted by Crippen LogP contribution is 2.28. The lowest BCUT2D eigenvalue weighted by molar-refractivity contribution is 0.499. The molecule has 0 aliphatic rings. The van der Waals surface area contributed by atoms with Crippen molar-refractivity contribution in [3.8, 4) is 0 Å². The number of benzene rings is 1. The van der Waals surface area contributed by atoms with Gasteiger partial charge >= 0.3 is 0 Å². The molecular weight excluding hydrogens is 333 g/mol. The normalized spacial score (nSPS) is 12.6. The van der Waals surface area contributed by atoms with Gasteiger partial charge in [-0.15, -0.1) is 0 Å². The van der Waals surface area contributed by atoms with Gasteiger partial charge in [-0.2, -0.15) is 0 Å². The van der Waals surface area contributed by atoms with Gasteiger partial charge in [0.1, 0.15) is 5.82 Å². The summed E-state index contributed by atoms with van der Waals surface area (Å²) in [5.41, 5.74) is 1.56. The lowest BCUT2D eigenvalue weighted by Gasteiger charge is -2.17. The van der Waals surface area contributed by atoms with Gasteiger partial charge in [0.15, 0.2) is 4.67 Å². The highest BCUT2D eigenvalue weighted by Gasteiger charge is 2.18. The van der Waals surface area contributed by atoms with Crippen LogP contribution in [0.4, 0.5) is 4.39 Å². The summed E-state index contributed by atoms with van der Waals surface area (Å²) in [6.07, 6.45) is 2.12. The van der Waals surface area contributed by atoms with Gasteiger partial charge < -0.3 is 9.73 Å². The van der Waals surface area contributed by atoms with Gasteiger partial charge in [-0.3, -0.25) is 0 Å². The topological polar surface area (TPSA) is 25.2 Å². The van der Waals surface area contributed by atoms with Gasteiger partial charge in [0.05, 0.1) is 6.26 Å². The second-order valence-corrected chi connectivity index (χ2v) is 5.36. The van der Waals surface area contributed by atoms with E-state index in [4.69, 9.17) is 16.0 Å². The molecule has 0 spiro atoms. The summed E-state index contributed by atoms with van der Waals surface area (Å²) in [5.74, 6) is -0.244. The van der Waals surface area contributed by atoms with Crippen molar-refractivity contribution in [1.29, 1.82) is 0 Å². The Hall–Kier alpha value is -0.840. The zero-order chi connectivity index (χ0) is 13.8. The van der Waals surface area contributed by atoms with Crippen LogP contribution in [0, 0.1) is 5.82 Å². The molecule has 2 aromatic rings. The lowest BCUT2D eigenvalue weighted by atomic mass is 10.0. The summed E-state index contributed by atoms with van der Waals surface area (Å²) in [4.78, 5) is 0. The molecule has 0 fully saturated rings. The summed E-state index contributed by atoms with van der Waals surface area (Å²) in [6, 6.07) is 6.46. The smallest absolute Gasteiger partial charge is 0.173 e. The molecule has 2 nitrogen and oxygen atoms in total. The Labute approximate surface area is 125 Å². The number of halogens is 3. The van der Waals surface area contributed by atoms with Crippen molar-refractivity contribution in [2.75, 3.05) is 6.54 Å². The summed E-state index contributed by atoms with van der Waals surface area (Å²) in [5, 5.41) is 3.86. The van der Waals surface area contributed by atoms with Crippen molar-refractivity contribution >= 4 is 27.5 Å². The molecule has 5 heteroatoms. The molecule has 0 amide bonds. The first-order valence-corrected chi connectivity index (χ1v) is 7.19. The van der Waals surface area contributed by atoms with Crippen LogP contribution in [0.25, 0.3) is 0 Å². The van der Waals surface area contributed by atoms with Gasteiger partial charge in [-0.25, -0.2) is 4.39 Å². The van der Waals surface area contributed by atoms with E-state index in [0.717, 1.165) is 12.1 Å². The Bertz CT molecular complexity index is 558. The van der Waals surface area contributed by atoms with Crippen LogP contribution in [0.5, 0.6) is 0 Å². The van der Waals surface area contributed by atoms with Crippen molar-refractivity contribution in [3.63, 3.8) is 0 Å². The average Bonchev–Trinajstić information content (AvgIpc) is 2.79. The number of nitrogens with one attached hydrogen (secondary N) is 1. The van der Waals surface area contributed by atoms with E-state index in [2.05, 4.69) is 21.2 Å². The van der Waals surface area contributed by atoms with Gasteiger partial charge in [-0.1, -0.05) is 18.5 Å². The zero-order valence-electron chi connectivity index (χ0n) is 10.4. The van der Waals surface area contributed by atoms with Crippen LogP contribution in [-0.2, 0) is 6.42 Å². The predicted octanol–water partition coefficient (Wildman–Crippen LogP) is 4.73. The van der Waals surface area contributed by atoms with Crippen molar-refractivity contribution in [2.24, 2.45) is 0 Å². The molecule has 1 N–H and O–H groups in total. The molecule has 0 saturated heterocycles. The Kier molecular flexibility index (Phi) is 5.02. The molecule has 0 aliphatic heterocycles. The van der Waals surface area contributed by atoms with Crippen molar-refractivity contribution in [1.82, 2.24) is 5.32 Å². The molecule has 102 valence electrons. The zero-order valence-corrected chi connectivity index (χ0v) is 12.8. The monoisotopic (exact) mass is 345 g/mol. The fourth-order valence-corrected chi connectivity index (χ4v) is 2.72. The van der Waals surface area contributed by atoms with Crippen LogP contribution in [0.15, 0.2) is 39.6 Å². The standard InChI is InChI=1S/C14H14BrClFNO/c1-2-18-13(11-5-6-19-14(11)15)8-9-7-10(16)3-4-12(9)17/h3-7,13,18H,2,8H2,1H3. The number of likely N-dealkylation sites (N-methyl/N-ethyl adjacent to an activating group) is 1. The van der Waals surface area contributed by atoms with Gasteiger partial charge in [0.25, 0.3) is 0 Å². The minimum Gasteiger partial charge on any atom is -0.457 e. The maximum absolute atomic E-state index is 13.8. The summed E-state index contributed by atoms with van der Waals surface area (Å²) < 4.78 is 19.7. The highest BCUT2D eigenvalue weighted by atomic mass is 79.9. The largest absolute Gasteiger partial charge is 0.457 e. The Morgan fingerprint density at radius 3 is 2.84 bits per heavy atom. The number of hydrogen-bond donors (Lipinski definition) is 1. The summed E-state index contributed by atoms with van der Waals surface area (Å²) in [7, 11) is 0. The minimum absolute atomic E-state index is 0.0221. The van der Waals surface area contributed by atoms with Crippen LogP contribution in [0.2, 0.25) is 5.02 Å². The third kappa shape index (κ3) is 3.59. The number of rotatable bonds is 5. The van der Waals surface area contributed by atoms with E-state index in [1.807, 2.05) is 13.0 Å². The highest BCUT2D eigenvalue weighted by molar-refractivity contribution is 9.10. The van der Waals surface area contributed by atoms with Gasteiger partial charge in [0.2, 0.25) is 0 Å². The van der Waals surface area contributed by atoms with Crippen LogP contribution < -0.4 is 5.32 Å². The van der Waals surface area contributed by atoms with E-state index in [-0.39, 0.29) is 11.9 Å². The maximum Gasteiger partial charge on any atom is 0.173 e. The molecule has 0 saturated carbocycles. The molecule has 1 unspecified atom stereocenters. The molecule has 0 radical (unpaired) electrons. The first-order valence-electron chi connectivity index (χ1n) is 6.02. The van der Waals surface area contributed by atoms with E-state index < -0.39 is 0 Å². The number of hydrogen-bond acceptors (Lipinski definition) is 2. The molecule has 1 aromatic heterocycles. The predicted molar refractivity (Wildman–Crippen MR) is 77.9 cm³/mol. The number of furan rings is 1. The van der Waals surface area contributed by atoms with Crippen molar-refractivity contribution < 1.29 is 8.81 Å². The molecule has 1 atom stereocenters. The van der Waals surface area contributed by atoms with E-state index >= 15 is 0 Å². The average molecular weight is 347 g/mol. The van der Waals surface area contributed by atoms with Crippen LogP contribution in [0.3, 0.4) is 0 Å². The Morgan fingerprint density at radius 2 is 2.21 bits per heavy atom. The lowest BCUT2D eigenvalue weighted by Crippen LogP contribution is -2.23. The fraction of sp³-hybridized carbons (Fsp3) is 0.286. The summed E-state index contributed by atoms with van der Waals surface area (Å²) in [6.45, 7) is 2.79. The fourth-order valence-electron chi connectivity index (χ4n) is 2.01. The van der Waals surface area contributed by atoms with Gasteiger partial charge in [0, 0.05) is 16.6 Å². The second kappa shape index (κ2) is 6.55. The third-order valence-corrected chi connectivity index (χ3v) is 3.78. The molecule has 0 bridgehead atoms. The Morgan fingerprint density at radius 1 is 1.42 bits per heavy atom. The van der Waals surface area contributed by atoms with E-state index in [0.29, 0.717) is 21.7 Å². The van der Waals surface area contributed by atoms with E-state index in [1.54, 1.807) is 18.4 Å². The van der Waals surface area contributed by atoms with Crippen molar-refractivity contribution in [2.45, 2.75) is 19.4 Å². The maximum atomic E-state index is 13.8. The van der Waals surface area contributed by atoms with Crippen LogP contribution in [-0.4, -0.2) is 6.54 Å². The first kappa shape index (κ1) is 14.6. The quantitative estimate of drug-likeness (QED) is 0.847. The van der Waals surface area contributed by atoms with E-state index in [1.165, 1.54) is 6.07 Å². The molecule has 1 aromatic carbocycles. The van der Waals surface area contributed by atoms with Gasteiger partial charge in [-0.05, 0) is 58.7 Å². The first-order chi connectivity index (χ1) is 9.11. The molecule has 0 aliphatic carbocycles. The molecule has 19 heavy (non-hydrogen) atoms. The molecular formula is C14H14BrClFNO. The second-order valence-electron chi connectivity index (χ2n) is 4.20. The SMILES string of the molecule is CCNC(Cc1cc(Cl)ccc1F)c1ccoc1Br. The van der Waals surface area contributed by atoms with Crippen molar-refractivity contribution in [3.05, 3.63) is 57.2 Å². The van der Waals surface area contributed by atoms with E-state index in [9.17, 15) is 4.39 Å². The Balaban J connectivity index is 2.26. The van der Waals surface area contributed by atoms with Crippen LogP contribution in [0.1, 0.15) is 24.1 Å². The molecule has 1 heterocycles. The molecule has 2 rings (SSSR count). The minimum atomic E-state index is -0.244. The van der Waals surface area contributed by atoms with Crippen LogP contribution >= 0.6 is 27.5 Å². The third-order valence-electron chi connectivity index (χ3n) is 2.90. The summed E-state index contributed by atoms with van der Waals surface area (Å²) >= 11 is 9.28.